The molecule has 0 bridgehead atoms. The van der Waals surface area contributed by atoms with Gasteiger partial charge >= 0.3 is 0 Å². The third-order valence-electron chi connectivity index (χ3n) is 2.51. The molecular weight excluding hydrogens is 218 g/mol. The zero-order valence-electron chi connectivity index (χ0n) is 9.84. The van der Waals surface area contributed by atoms with Crippen LogP contribution in [0.2, 0.25) is 0 Å². The van der Waals surface area contributed by atoms with E-state index in [1.165, 1.54) is 0 Å². The number of carbonyl (C=O) groups is 1. The molecule has 2 heterocycles. The SMILES string of the molecule is CC(C)(CO)NC(=O)c1ccn2ccnc2c1. The van der Waals surface area contributed by atoms with Crippen LogP contribution in [-0.4, -0.2) is 32.5 Å². The Morgan fingerprint density at radius 3 is 3.00 bits per heavy atom. The van der Waals surface area contributed by atoms with E-state index in [9.17, 15) is 4.79 Å². The van der Waals surface area contributed by atoms with Crippen LogP contribution in [0.5, 0.6) is 0 Å². The van der Waals surface area contributed by atoms with Gasteiger partial charge in [0.05, 0.1) is 12.1 Å². The first kappa shape index (κ1) is 11.6. The van der Waals surface area contributed by atoms with E-state index >= 15 is 0 Å². The molecular formula is C12H15N3O2. The molecule has 0 saturated carbocycles. The summed E-state index contributed by atoms with van der Waals surface area (Å²) in [5, 5.41) is 11.9. The first-order valence-corrected chi connectivity index (χ1v) is 5.38. The van der Waals surface area contributed by atoms with Gasteiger partial charge in [-0.1, -0.05) is 0 Å². The Kier molecular flexibility index (Phi) is 2.85. The molecule has 5 heteroatoms. The molecule has 5 nitrogen and oxygen atoms in total. The fourth-order valence-corrected chi connectivity index (χ4v) is 1.47. The highest BCUT2D eigenvalue weighted by Gasteiger charge is 2.20. The molecule has 0 radical (unpaired) electrons. The number of amides is 1. The average Bonchev–Trinajstić information content (AvgIpc) is 2.75. The lowest BCUT2D eigenvalue weighted by Crippen LogP contribution is -2.46. The van der Waals surface area contributed by atoms with Crippen molar-refractivity contribution in [2.75, 3.05) is 6.61 Å². The van der Waals surface area contributed by atoms with Gasteiger partial charge in [-0.3, -0.25) is 4.79 Å². The number of hydrogen-bond acceptors (Lipinski definition) is 3. The summed E-state index contributed by atoms with van der Waals surface area (Å²) in [6, 6.07) is 3.43. The Bertz CT molecular complexity index is 545. The average molecular weight is 233 g/mol. The molecule has 0 fully saturated rings. The maximum absolute atomic E-state index is 11.9. The molecule has 0 spiro atoms. The van der Waals surface area contributed by atoms with E-state index in [0.717, 1.165) is 5.65 Å². The summed E-state index contributed by atoms with van der Waals surface area (Å²) >= 11 is 0. The molecule has 0 aliphatic heterocycles. The molecule has 0 unspecified atom stereocenters. The number of aromatic nitrogens is 2. The second-order valence-electron chi connectivity index (χ2n) is 4.60. The smallest absolute Gasteiger partial charge is 0.251 e. The molecule has 0 atom stereocenters. The van der Waals surface area contributed by atoms with Gasteiger partial charge in [0.15, 0.2) is 0 Å². The Balaban J connectivity index is 2.24. The lowest BCUT2D eigenvalue weighted by atomic mass is 10.1. The highest BCUT2D eigenvalue weighted by molar-refractivity contribution is 5.95. The zero-order chi connectivity index (χ0) is 12.5. The van der Waals surface area contributed by atoms with E-state index in [4.69, 9.17) is 5.11 Å². The van der Waals surface area contributed by atoms with Gasteiger partial charge < -0.3 is 14.8 Å². The van der Waals surface area contributed by atoms with E-state index in [1.54, 1.807) is 38.4 Å². The minimum atomic E-state index is -0.626. The van der Waals surface area contributed by atoms with Crippen molar-refractivity contribution < 1.29 is 9.90 Å². The maximum atomic E-state index is 11.9. The van der Waals surface area contributed by atoms with Crippen molar-refractivity contribution in [1.29, 1.82) is 0 Å². The second kappa shape index (κ2) is 4.18. The third kappa shape index (κ3) is 2.45. The molecule has 2 aromatic rings. The predicted octanol–water partition coefficient (Wildman–Crippen LogP) is 0.835. The normalized spacial score (nSPS) is 11.7. The second-order valence-corrected chi connectivity index (χ2v) is 4.60. The molecule has 0 aromatic carbocycles. The van der Waals surface area contributed by atoms with Crippen LogP contribution in [0.3, 0.4) is 0 Å². The van der Waals surface area contributed by atoms with Crippen molar-refractivity contribution in [2.45, 2.75) is 19.4 Å². The van der Waals surface area contributed by atoms with Gasteiger partial charge in [0.2, 0.25) is 0 Å². The summed E-state index contributed by atoms with van der Waals surface area (Å²) in [7, 11) is 0. The lowest BCUT2D eigenvalue weighted by molar-refractivity contribution is 0.0869. The van der Waals surface area contributed by atoms with Crippen molar-refractivity contribution in [3.8, 4) is 0 Å². The van der Waals surface area contributed by atoms with Crippen LogP contribution >= 0.6 is 0 Å². The van der Waals surface area contributed by atoms with Crippen LogP contribution < -0.4 is 5.32 Å². The Hall–Kier alpha value is -1.88. The van der Waals surface area contributed by atoms with Crippen molar-refractivity contribution in [3.63, 3.8) is 0 Å². The van der Waals surface area contributed by atoms with Crippen LogP contribution in [-0.2, 0) is 0 Å². The van der Waals surface area contributed by atoms with Gasteiger partial charge in [-0.15, -0.1) is 0 Å². The fraction of sp³-hybridized carbons (Fsp3) is 0.333. The molecule has 90 valence electrons. The topological polar surface area (TPSA) is 66.6 Å². The summed E-state index contributed by atoms with van der Waals surface area (Å²) in [4.78, 5) is 16.0. The summed E-state index contributed by atoms with van der Waals surface area (Å²) < 4.78 is 1.83. The van der Waals surface area contributed by atoms with Gasteiger partial charge in [0.25, 0.3) is 5.91 Å². The van der Waals surface area contributed by atoms with Gasteiger partial charge in [0, 0.05) is 24.2 Å². The highest BCUT2D eigenvalue weighted by Crippen LogP contribution is 2.08. The largest absolute Gasteiger partial charge is 0.394 e. The van der Waals surface area contributed by atoms with Gasteiger partial charge in [-0.05, 0) is 26.0 Å². The lowest BCUT2D eigenvalue weighted by Gasteiger charge is -2.23. The van der Waals surface area contributed by atoms with Gasteiger partial charge in [-0.2, -0.15) is 0 Å². The summed E-state index contributed by atoms with van der Waals surface area (Å²) in [6.45, 7) is 3.42. The molecule has 0 aliphatic carbocycles. The van der Waals surface area contributed by atoms with Crippen LogP contribution in [0.1, 0.15) is 24.2 Å². The number of aliphatic hydroxyl groups excluding tert-OH is 1. The number of rotatable bonds is 3. The van der Waals surface area contributed by atoms with E-state index < -0.39 is 5.54 Å². The number of nitrogens with one attached hydrogen (secondary N) is 1. The third-order valence-corrected chi connectivity index (χ3v) is 2.51. The first-order valence-electron chi connectivity index (χ1n) is 5.38. The zero-order valence-corrected chi connectivity index (χ0v) is 9.84. The first-order chi connectivity index (χ1) is 8.02. The number of fused-ring (bicyclic) bond motifs is 1. The maximum Gasteiger partial charge on any atom is 0.251 e. The van der Waals surface area contributed by atoms with E-state index in [1.807, 2.05) is 10.6 Å². The van der Waals surface area contributed by atoms with Crippen LogP contribution in [0.15, 0.2) is 30.7 Å². The summed E-state index contributed by atoms with van der Waals surface area (Å²) in [5.74, 6) is -0.213. The highest BCUT2D eigenvalue weighted by atomic mass is 16.3. The summed E-state index contributed by atoms with van der Waals surface area (Å²) in [6.07, 6.45) is 5.27. The number of hydrogen-bond donors (Lipinski definition) is 2. The number of pyridine rings is 1. The Labute approximate surface area is 99.1 Å². The van der Waals surface area contributed by atoms with Crippen molar-refractivity contribution >= 4 is 11.6 Å². The fourth-order valence-electron chi connectivity index (χ4n) is 1.47. The molecule has 17 heavy (non-hydrogen) atoms. The molecule has 2 aromatic heterocycles. The molecule has 0 aliphatic rings. The Morgan fingerprint density at radius 1 is 1.53 bits per heavy atom. The molecule has 0 saturated heterocycles. The van der Waals surface area contributed by atoms with Crippen LogP contribution in [0.25, 0.3) is 5.65 Å². The minimum absolute atomic E-state index is 0.107. The molecule has 1 amide bonds. The van der Waals surface area contributed by atoms with Gasteiger partial charge in [-0.25, -0.2) is 4.98 Å². The van der Waals surface area contributed by atoms with E-state index in [2.05, 4.69) is 10.3 Å². The monoisotopic (exact) mass is 233 g/mol. The van der Waals surface area contributed by atoms with Gasteiger partial charge in [0.1, 0.15) is 5.65 Å². The van der Waals surface area contributed by atoms with Crippen LogP contribution in [0, 0.1) is 0 Å². The van der Waals surface area contributed by atoms with Crippen molar-refractivity contribution in [1.82, 2.24) is 14.7 Å². The Morgan fingerprint density at radius 2 is 2.29 bits per heavy atom. The van der Waals surface area contributed by atoms with Crippen molar-refractivity contribution in [3.05, 3.63) is 36.3 Å². The predicted molar refractivity (Wildman–Crippen MR) is 63.8 cm³/mol. The van der Waals surface area contributed by atoms with Crippen LogP contribution in [0.4, 0.5) is 0 Å². The number of aliphatic hydroxyl groups is 1. The van der Waals surface area contributed by atoms with E-state index in [0.29, 0.717) is 5.56 Å². The quantitative estimate of drug-likeness (QED) is 0.825. The van der Waals surface area contributed by atoms with Crippen molar-refractivity contribution in [2.24, 2.45) is 0 Å². The number of carbonyl (C=O) groups excluding carboxylic acids is 1. The number of nitrogens with zero attached hydrogens (tertiary/aromatic N) is 2. The van der Waals surface area contributed by atoms with E-state index in [-0.39, 0.29) is 12.5 Å². The molecule has 2 rings (SSSR count). The standard InChI is InChI=1S/C12H15N3O2/c1-12(2,8-16)14-11(17)9-3-5-15-6-4-13-10(15)7-9/h3-7,16H,8H2,1-2H3,(H,14,17). The number of imidazole rings is 1. The molecule has 2 N–H and O–H groups in total. The summed E-state index contributed by atoms with van der Waals surface area (Å²) in [5.41, 5.74) is 0.628. The minimum Gasteiger partial charge on any atom is -0.394 e.